The van der Waals surface area contributed by atoms with Gasteiger partial charge in [0.1, 0.15) is 11.6 Å². The number of rotatable bonds is 2. The number of hydrogen-bond donors (Lipinski definition) is 1. The quantitative estimate of drug-likeness (QED) is 0.698. The van der Waals surface area contributed by atoms with Crippen LogP contribution in [0.1, 0.15) is 23.6 Å². The van der Waals surface area contributed by atoms with Gasteiger partial charge in [0.05, 0.1) is 23.1 Å². The first kappa shape index (κ1) is 18.3. The molecule has 0 radical (unpaired) electrons. The fraction of sp³-hybridized carbons (Fsp3) is 0.200. The van der Waals surface area contributed by atoms with E-state index >= 15 is 0 Å². The molecular weight excluding hydrogens is 397 g/mol. The number of H-pyrrole nitrogens is 1. The fourth-order valence-electron chi connectivity index (χ4n) is 3.65. The molecule has 30 heavy (non-hydrogen) atoms. The van der Waals surface area contributed by atoms with Crippen LogP contribution in [-0.2, 0) is 0 Å². The molecule has 2 aromatic heterocycles. The number of pyridine rings is 1. The molecule has 0 aliphatic carbocycles. The van der Waals surface area contributed by atoms with Crippen LogP contribution in [0.3, 0.4) is 0 Å². The minimum absolute atomic E-state index is 0.0878. The monoisotopic (exact) mass is 412 g/mol. The number of carbonyl (C=O) groups excluding carboxylic acids is 1. The zero-order valence-electron chi connectivity index (χ0n) is 15.5. The third-order valence-electron chi connectivity index (χ3n) is 5.19. The third kappa shape index (κ3) is 3.10. The van der Waals surface area contributed by atoms with Crippen molar-refractivity contribution >= 4 is 29.2 Å². The Hall–Kier alpha value is -3.69. The maximum absolute atomic E-state index is 14.3. The number of halogens is 3. The Balaban J connectivity index is 1.30. The van der Waals surface area contributed by atoms with Crippen molar-refractivity contribution in [1.29, 1.82) is 0 Å². The van der Waals surface area contributed by atoms with Crippen molar-refractivity contribution in [3.8, 4) is 0 Å². The molecule has 1 unspecified atom stereocenters. The zero-order valence-corrected chi connectivity index (χ0v) is 15.5. The van der Waals surface area contributed by atoms with E-state index < -0.39 is 23.6 Å². The predicted octanol–water partition coefficient (Wildman–Crippen LogP) is 3.63. The van der Waals surface area contributed by atoms with E-state index in [9.17, 15) is 18.0 Å². The number of aromatic nitrogens is 3. The van der Waals surface area contributed by atoms with E-state index in [1.807, 2.05) is 0 Å². The van der Waals surface area contributed by atoms with Crippen LogP contribution in [-0.4, -0.2) is 50.4 Å². The number of nitrogens with one attached hydrogen (secondary N) is 1. The van der Waals surface area contributed by atoms with Crippen molar-refractivity contribution in [3.63, 3.8) is 0 Å². The number of likely N-dealkylation sites (tertiary alicyclic amines) is 1. The molecule has 1 aromatic carbocycles. The Morgan fingerprint density at radius 2 is 2.00 bits per heavy atom. The SMILES string of the molecule is O=C(N1CC(=Cc2cc3[nH]nc(F)c3cc2F)C1)N1N=CCC1c1cncc(F)c1. The van der Waals surface area contributed by atoms with Gasteiger partial charge in [0.25, 0.3) is 0 Å². The number of benzene rings is 1. The van der Waals surface area contributed by atoms with Crippen molar-refractivity contribution in [1.82, 2.24) is 25.1 Å². The summed E-state index contributed by atoms with van der Waals surface area (Å²) < 4.78 is 41.2. The lowest BCUT2D eigenvalue weighted by Crippen LogP contribution is -2.49. The Morgan fingerprint density at radius 3 is 2.80 bits per heavy atom. The number of aromatic amines is 1. The highest BCUT2D eigenvalue weighted by Gasteiger charge is 2.35. The lowest BCUT2D eigenvalue weighted by atomic mass is 10.0. The topological polar surface area (TPSA) is 77.5 Å². The van der Waals surface area contributed by atoms with Crippen molar-refractivity contribution in [2.24, 2.45) is 5.10 Å². The second-order valence-electron chi connectivity index (χ2n) is 7.21. The van der Waals surface area contributed by atoms with Gasteiger partial charge in [0.2, 0.25) is 5.95 Å². The Labute approximate surface area is 168 Å². The maximum atomic E-state index is 14.3. The molecule has 0 bridgehead atoms. The molecule has 4 heterocycles. The van der Waals surface area contributed by atoms with Crippen LogP contribution in [0.25, 0.3) is 17.0 Å². The molecule has 5 rings (SSSR count). The summed E-state index contributed by atoms with van der Waals surface area (Å²) in [5.74, 6) is -1.79. The van der Waals surface area contributed by atoms with Crippen LogP contribution in [0.15, 0.2) is 41.3 Å². The average molecular weight is 412 g/mol. The first-order valence-electron chi connectivity index (χ1n) is 9.23. The standard InChI is InChI=1S/C20H15F3N6O/c21-14-4-13(7-24-8-14)18-1-2-25-29(18)20(30)28-9-11(10-28)3-12-5-17-15(6-16(12)22)19(23)27-26-17/h2-8,18H,1,9-10H2,(H,26,27). The van der Waals surface area contributed by atoms with Crippen molar-refractivity contribution in [2.75, 3.05) is 13.1 Å². The molecule has 7 nitrogen and oxygen atoms in total. The highest BCUT2D eigenvalue weighted by atomic mass is 19.1. The number of amides is 2. The molecule has 2 aliphatic rings. The van der Waals surface area contributed by atoms with Crippen LogP contribution in [0.2, 0.25) is 0 Å². The Morgan fingerprint density at radius 1 is 1.17 bits per heavy atom. The Bertz CT molecular complexity index is 1210. The normalized spacial score (nSPS) is 18.2. The molecule has 3 aromatic rings. The minimum atomic E-state index is -0.752. The van der Waals surface area contributed by atoms with Gasteiger partial charge in [-0.05, 0) is 35.4 Å². The van der Waals surface area contributed by atoms with Gasteiger partial charge >= 0.3 is 6.03 Å². The largest absolute Gasteiger partial charge is 0.341 e. The van der Waals surface area contributed by atoms with E-state index in [1.165, 1.54) is 23.3 Å². The molecule has 2 aliphatic heterocycles. The van der Waals surface area contributed by atoms with Crippen LogP contribution in [0, 0.1) is 17.6 Å². The van der Waals surface area contributed by atoms with Crippen LogP contribution in [0.4, 0.5) is 18.0 Å². The second kappa shape index (κ2) is 6.97. The predicted molar refractivity (Wildman–Crippen MR) is 103 cm³/mol. The van der Waals surface area contributed by atoms with E-state index in [0.29, 0.717) is 30.6 Å². The molecule has 0 spiro atoms. The molecule has 1 saturated heterocycles. The van der Waals surface area contributed by atoms with E-state index in [2.05, 4.69) is 20.3 Å². The number of hydrazone groups is 1. The third-order valence-corrected chi connectivity index (χ3v) is 5.19. The first-order valence-corrected chi connectivity index (χ1v) is 9.23. The highest BCUT2D eigenvalue weighted by molar-refractivity contribution is 5.83. The highest BCUT2D eigenvalue weighted by Crippen LogP contribution is 2.31. The summed E-state index contributed by atoms with van der Waals surface area (Å²) in [4.78, 5) is 18.2. The van der Waals surface area contributed by atoms with Gasteiger partial charge in [-0.2, -0.15) is 9.49 Å². The van der Waals surface area contributed by atoms with E-state index in [0.717, 1.165) is 17.8 Å². The summed E-state index contributed by atoms with van der Waals surface area (Å²) in [5.41, 5.74) is 2.09. The van der Waals surface area contributed by atoms with Crippen molar-refractivity contribution in [2.45, 2.75) is 12.5 Å². The summed E-state index contributed by atoms with van der Waals surface area (Å²) in [6.45, 7) is 0.627. The smallest absolute Gasteiger partial charge is 0.315 e. The number of fused-ring (bicyclic) bond motifs is 1. The minimum Gasteiger partial charge on any atom is -0.315 e. The molecule has 2 amide bonds. The lowest BCUT2D eigenvalue weighted by molar-refractivity contribution is 0.136. The summed E-state index contributed by atoms with van der Waals surface area (Å²) in [7, 11) is 0. The molecule has 1 atom stereocenters. The van der Waals surface area contributed by atoms with Crippen LogP contribution in [0.5, 0.6) is 0 Å². The van der Waals surface area contributed by atoms with Crippen LogP contribution >= 0.6 is 0 Å². The van der Waals surface area contributed by atoms with Gasteiger partial charge in [0, 0.05) is 37.5 Å². The number of nitrogens with zero attached hydrogens (tertiary/aromatic N) is 5. The fourth-order valence-corrected chi connectivity index (χ4v) is 3.65. The van der Waals surface area contributed by atoms with E-state index in [-0.39, 0.29) is 17.0 Å². The second-order valence-corrected chi connectivity index (χ2v) is 7.21. The van der Waals surface area contributed by atoms with Gasteiger partial charge in [0.15, 0.2) is 0 Å². The van der Waals surface area contributed by atoms with Gasteiger partial charge in [-0.15, -0.1) is 5.10 Å². The summed E-state index contributed by atoms with van der Waals surface area (Å²) in [5, 5.41) is 11.5. The van der Waals surface area contributed by atoms with Crippen LogP contribution < -0.4 is 0 Å². The summed E-state index contributed by atoms with van der Waals surface area (Å²) >= 11 is 0. The van der Waals surface area contributed by atoms with Gasteiger partial charge in [-0.25, -0.2) is 18.6 Å². The molecule has 0 saturated carbocycles. The molecule has 1 N–H and O–H groups in total. The van der Waals surface area contributed by atoms with Crippen molar-refractivity contribution < 1.29 is 18.0 Å². The number of urea groups is 1. The van der Waals surface area contributed by atoms with Gasteiger partial charge in [-0.3, -0.25) is 10.1 Å². The van der Waals surface area contributed by atoms with E-state index in [1.54, 1.807) is 17.2 Å². The van der Waals surface area contributed by atoms with Gasteiger partial charge < -0.3 is 4.90 Å². The van der Waals surface area contributed by atoms with Crippen molar-refractivity contribution in [3.05, 3.63) is 64.9 Å². The molecule has 1 fully saturated rings. The number of hydrogen-bond acceptors (Lipinski definition) is 4. The molecular formula is C20H15F3N6O. The summed E-state index contributed by atoms with van der Waals surface area (Å²) in [6.07, 6.45) is 6.34. The average Bonchev–Trinajstić information content (AvgIpc) is 3.31. The Kier molecular flexibility index (Phi) is 4.27. The first-order chi connectivity index (χ1) is 14.5. The molecule has 10 heteroatoms. The zero-order chi connectivity index (χ0) is 20.8. The summed E-state index contributed by atoms with van der Waals surface area (Å²) in [6, 6.07) is 3.19. The van der Waals surface area contributed by atoms with E-state index in [4.69, 9.17) is 0 Å². The molecule has 152 valence electrons. The number of carbonyl (C=O) groups is 1. The maximum Gasteiger partial charge on any atom is 0.341 e. The lowest BCUT2D eigenvalue weighted by Gasteiger charge is -2.37. The van der Waals surface area contributed by atoms with Gasteiger partial charge in [-0.1, -0.05) is 0 Å².